The highest BCUT2D eigenvalue weighted by atomic mass is 16.5. The minimum atomic E-state index is 0.552. The Balaban J connectivity index is 1.90. The summed E-state index contributed by atoms with van der Waals surface area (Å²) in [6.45, 7) is 2.81. The summed E-state index contributed by atoms with van der Waals surface area (Å²) in [6, 6.07) is 2.71. The number of hydrogen-bond acceptors (Lipinski definition) is 3. The van der Waals surface area contributed by atoms with Gasteiger partial charge in [0.05, 0.1) is 12.7 Å². The van der Waals surface area contributed by atoms with Crippen molar-refractivity contribution in [3.05, 3.63) is 0 Å². The van der Waals surface area contributed by atoms with Crippen molar-refractivity contribution in [1.82, 2.24) is 5.32 Å². The SMILES string of the molecule is N#CCCCCNC1CCCOC1. The lowest BCUT2D eigenvalue weighted by Crippen LogP contribution is -2.37. The number of nitrogens with zero attached hydrogens (tertiary/aromatic N) is 1. The third-order valence-electron chi connectivity index (χ3n) is 2.31. The summed E-state index contributed by atoms with van der Waals surface area (Å²) in [5, 5.41) is 11.8. The number of nitriles is 1. The van der Waals surface area contributed by atoms with E-state index in [0.29, 0.717) is 12.5 Å². The van der Waals surface area contributed by atoms with Gasteiger partial charge in [-0.2, -0.15) is 5.26 Å². The van der Waals surface area contributed by atoms with Crippen molar-refractivity contribution in [2.75, 3.05) is 19.8 Å². The standard InChI is InChI=1S/C10H18N2O/c11-6-2-1-3-7-12-10-5-4-8-13-9-10/h10,12H,1-5,7-9H2. The molecule has 1 aliphatic heterocycles. The van der Waals surface area contributed by atoms with Gasteiger partial charge in [0.25, 0.3) is 0 Å². The Morgan fingerprint density at radius 3 is 3.08 bits per heavy atom. The Labute approximate surface area is 80.1 Å². The molecule has 0 spiro atoms. The molecule has 0 aliphatic carbocycles. The van der Waals surface area contributed by atoms with Crippen molar-refractivity contribution in [3.8, 4) is 6.07 Å². The van der Waals surface area contributed by atoms with Crippen molar-refractivity contribution in [2.24, 2.45) is 0 Å². The first-order valence-electron chi connectivity index (χ1n) is 5.11. The third kappa shape index (κ3) is 4.87. The normalized spacial score (nSPS) is 22.5. The van der Waals surface area contributed by atoms with Crippen LogP contribution in [0.5, 0.6) is 0 Å². The number of rotatable bonds is 5. The van der Waals surface area contributed by atoms with E-state index in [9.17, 15) is 0 Å². The van der Waals surface area contributed by atoms with Gasteiger partial charge in [-0.15, -0.1) is 0 Å². The van der Waals surface area contributed by atoms with Crippen LogP contribution in [-0.2, 0) is 4.74 Å². The lowest BCUT2D eigenvalue weighted by molar-refractivity contribution is 0.0705. The molecular formula is C10H18N2O. The van der Waals surface area contributed by atoms with Gasteiger partial charge in [0.1, 0.15) is 0 Å². The minimum absolute atomic E-state index is 0.552. The monoisotopic (exact) mass is 182 g/mol. The fourth-order valence-electron chi connectivity index (χ4n) is 1.54. The number of unbranched alkanes of at least 4 members (excludes halogenated alkanes) is 2. The molecule has 74 valence electrons. The molecule has 0 saturated carbocycles. The molecule has 0 aromatic heterocycles. The first-order chi connectivity index (χ1) is 6.43. The van der Waals surface area contributed by atoms with Crippen LogP contribution in [0.15, 0.2) is 0 Å². The van der Waals surface area contributed by atoms with E-state index in [2.05, 4.69) is 11.4 Å². The van der Waals surface area contributed by atoms with Gasteiger partial charge in [-0.25, -0.2) is 0 Å². The molecule has 0 bridgehead atoms. The Hall–Kier alpha value is -0.590. The number of ether oxygens (including phenoxy) is 1. The lowest BCUT2D eigenvalue weighted by Gasteiger charge is -2.23. The van der Waals surface area contributed by atoms with Crippen LogP contribution < -0.4 is 5.32 Å². The van der Waals surface area contributed by atoms with E-state index in [0.717, 1.165) is 32.6 Å². The van der Waals surface area contributed by atoms with Crippen LogP contribution in [0.1, 0.15) is 32.1 Å². The Bertz CT molecular complexity index is 159. The topological polar surface area (TPSA) is 45.0 Å². The average molecular weight is 182 g/mol. The Morgan fingerprint density at radius 1 is 1.46 bits per heavy atom. The van der Waals surface area contributed by atoms with E-state index in [-0.39, 0.29) is 0 Å². The maximum atomic E-state index is 8.32. The van der Waals surface area contributed by atoms with Crippen LogP contribution in [0.2, 0.25) is 0 Å². The zero-order valence-electron chi connectivity index (χ0n) is 8.09. The zero-order valence-corrected chi connectivity index (χ0v) is 8.09. The second-order valence-corrected chi connectivity index (χ2v) is 3.48. The molecule has 0 aromatic rings. The maximum absolute atomic E-state index is 8.32. The Kier molecular flexibility index (Phi) is 5.55. The van der Waals surface area contributed by atoms with Gasteiger partial charge >= 0.3 is 0 Å². The predicted molar refractivity (Wildman–Crippen MR) is 51.3 cm³/mol. The summed E-state index contributed by atoms with van der Waals surface area (Å²) in [5.74, 6) is 0. The van der Waals surface area contributed by atoms with Gasteiger partial charge in [-0.3, -0.25) is 0 Å². The molecule has 1 N–H and O–H groups in total. The highest BCUT2D eigenvalue weighted by Crippen LogP contribution is 2.05. The van der Waals surface area contributed by atoms with Crippen LogP contribution in [-0.4, -0.2) is 25.8 Å². The molecule has 1 rings (SSSR count). The van der Waals surface area contributed by atoms with E-state index in [1.54, 1.807) is 0 Å². The van der Waals surface area contributed by atoms with E-state index >= 15 is 0 Å². The van der Waals surface area contributed by atoms with Crippen LogP contribution in [0, 0.1) is 11.3 Å². The van der Waals surface area contributed by atoms with Crippen molar-refractivity contribution >= 4 is 0 Å². The second-order valence-electron chi connectivity index (χ2n) is 3.48. The fraction of sp³-hybridized carbons (Fsp3) is 0.900. The molecule has 1 heterocycles. The molecule has 1 saturated heterocycles. The zero-order chi connectivity index (χ0) is 9.36. The average Bonchev–Trinajstić information content (AvgIpc) is 2.19. The molecule has 3 heteroatoms. The van der Waals surface area contributed by atoms with Crippen molar-refractivity contribution < 1.29 is 4.74 Å². The van der Waals surface area contributed by atoms with Gasteiger partial charge in [-0.1, -0.05) is 0 Å². The number of nitrogens with one attached hydrogen (secondary N) is 1. The molecule has 1 aliphatic rings. The first kappa shape index (κ1) is 10.5. The third-order valence-corrected chi connectivity index (χ3v) is 2.31. The van der Waals surface area contributed by atoms with E-state index in [1.807, 2.05) is 0 Å². The summed E-state index contributed by atoms with van der Waals surface area (Å²) in [6.07, 6.45) is 5.21. The van der Waals surface area contributed by atoms with Gasteiger partial charge in [-0.05, 0) is 32.2 Å². The van der Waals surface area contributed by atoms with Crippen LogP contribution in [0.25, 0.3) is 0 Å². The van der Waals surface area contributed by atoms with Crippen LogP contribution >= 0.6 is 0 Å². The minimum Gasteiger partial charge on any atom is -0.380 e. The maximum Gasteiger partial charge on any atom is 0.0621 e. The summed E-state index contributed by atoms with van der Waals surface area (Å²) in [7, 11) is 0. The molecule has 0 radical (unpaired) electrons. The quantitative estimate of drug-likeness (QED) is 0.654. The highest BCUT2D eigenvalue weighted by Gasteiger charge is 2.11. The van der Waals surface area contributed by atoms with Crippen molar-refractivity contribution in [1.29, 1.82) is 5.26 Å². The van der Waals surface area contributed by atoms with Gasteiger partial charge in [0.15, 0.2) is 0 Å². The molecule has 1 unspecified atom stereocenters. The Morgan fingerprint density at radius 2 is 2.38 bits per heavy atom. The number of hydrogen-bond donors (Lipinski definition) is 1. The molecular weight excluding hydrogens is 164 g/mol. The summed E-state index contributed by atoms with van der Waals surface area (Å²) in [4.78, 5) is 0. The highest BCUT2D eigenvalue weighted by molar-refractivity contribution is 4.71. The molecule has 1 atom stereocenters. The summed E-state index contributed by atoms with van der Waals surface area (Å²) < 4.78 is 5.35. The largest absolute Gasteiger partial charge is 0.380 e. The molecule has 1 fully saturated rings. The molecule has 0 aromatic carbocycles. The van der Waals surface area contributed by atoms with E-state index in [1.165, 1.54) is 12.8 Å². The molecule has 3 nitrogen and oxygen atoms in total. The van der Waals surface area contributed by atoms with Gasteiger partial charge in [0, 0.05) is 19.1 Å². The fourth-order valence-corrected chi connectivity index (χ4v) is 1.54. The van der Waals surface area contributed by atoms with E-state index < -0.39 is 0 Å². The summed E-state index contributed by atoms with van der Waals surface area (Å²) >= 11 is 0. The lowest BCUT2D eigenvalue weighted by atomic mass is 10.1. The molecule has 13 heavy (non-hydrogen) atoms. The van der Waals surface area contributed by atoms with Gasteiger partial charge < -0.3 is 10.1 Å². The van der Waals surface area contributed by atoms with E-state index in [4.69, 9.17) is 10.00 Å². The first-order valence-corrected chi connectivity index (χ1v) is 5.11. The smallest absolute Gasteiger partial charge is 0.0621 e. The van der Waals surface area contributed by atoms with Crippen molar-refractivity contribution in [3.63, 3.8) is 0 Å². The van der Waals surface area contributed by atoms with Crippen LogP contribution in [0.4, 0.5) is 0 Å². The second kappa shape index (κ2) is 6.88. The predicted octanol–water partition coefficient (Wildman–Crippen LogP) is 1.45. The van der Waals surface area contributed by atoms with Crippen LogP contribution in [0.3, 0.4) is 0 Å². The van der Waals surface area contributed by atoms with Gasteiger partial charge in [0.2, 0.25) is 0 Å². The van der Waals surface area contributed by atoms with Crippen molar-refractivity contribution in [2.45, 2.75) is 38.1 Å². The summed E-state index contributed by atoms with van der Waals surface area (Å²) in [5.41, 5.74) is 0. The molecule has 0 amide bonds.